The highest BCUT2D eigenvalue weighted by molar-refractivity contribution is 5.56. The molecule has 0 radical (unpaired) electrons. The molecule has 8 heteroatoms. The molecule has 144 valence electrons. The summed E-state index contributed by atoms with van der Waals surface area (Å²) < 4.78 is 10.1. The lowest BCUT2D eigenvalue weighted by molar-refractivity contribution is 0.373. The minimum Gasteiger partial charge on any atom is -0.504 e. The Morgan fingerprint density at radius 1 is 0.750 bits per heavy atom. The van der Waals surface area contributed by atoms with E-state index in [2.05, 4.69) is 9.97 Å². The highest BCUT2D eigenvalue weighted by atomic mass is 16.5. The van der Waals surface area contributed by atoms with Crippen molar-refractivity contribution in [2.75, 3.05) is 14.2 Å². The zero-order valence-electron chi connectivity index (χ0n) is 15.1. The second-order valence-corrected chi connectivity index (χ2v) is 5.89. The molecule has 3 rings (SSSR count). The van der Waals surface area contributed by atoms with Gasteiger partial charge in [0.25, 0.3) is 11.1 Å². The highest BCUT2D eigenvalue weighted by Crippen LogP contribution is 2.27. The third-order valence-corrected chi connectivity index (χ3v) is 4.02. The Labute approximate surface area is 158 Å². The molecule has 0 amide bonds. The van der Waals surface area contributed by atoms with Gasteiger partial charge in [-0.3, -0.25) is 9.59 Å². The van der Waals surface area contributed by atoms with Gasteiger partial charge < -0.3 is 29.7 Å². The Hall–Kier alpha value is -3.94. The number of aromatic nitrogens is 2. The largest absolute Gasteiger partial charge is 0.504 e. The van der Waals surface area contributed by atoms with E-state index < -0.39 is 11.1 Å². The molecule has 0 unspecified atom stereocenters. The molecule has 0 aliphatic rings. The summed E-state index contributed by atoms with van der Waals surface area (Å²) in [4.78, 5) is 29.8. The van der Waals surface area contributed by atoms with Crippen LogP contribution in [0.4, 0.5) is 0 Å². The molecule has 0 fully saturated rings. The van der Waals surface area contributed by atoms with Crippen LogP contribution in [0.15, 0.2) is 46.0 Å². The van der Waals surface area contributed by atoms with Crippen LogP contribution in [-0.2, 0) is 0 Å². The number of benzene rings is 2. The summed E-state index contributed by atoms with van der Waals surface area (Å²) in [6.45, 7) is 0. The van der Waals surface area contributed by atoms with Crippen molar-refractivity contribution in [1.82, 2.24) is 9.97 Å². The summed E-state index contributed by atoms with van der Waals surface area (Å²) >= 11 is 0. The van der Waals surface area contributed by atoms with Crippen molar-refractivity contribution in [3.8, 4) is 23.0 Å². The van der Waals surface area contributed by atoms with Gasteiger partial charge in [0.1, 0.15) is 10.7 Å². The van der Waals surface area contributed by atoms with Crippen LogP contribution in [0.1, 0.15) is 11.1 Å². The molecule has 0 bridgehead atoms. The van der Waals surface area contributed by atoms with Crippen LogP contribution in [0.5, 0.6) is 23.0 Å². The summed E-state index contributed by atoms with van der Waals surface area (Å²) in [7, 11) is 2.83. The van der Waals surface area contributed by atoms with Gasteiger partial charge in [0, 0.05) is 0 Å². The first kappa shape index (κ1) is 18.8. The quantitative estimate of drug-likeness (QED) is 0.509. The van der Waals surface area contributed by atoms with Crippen molar-refractivity contribution < 1.29 is 19.7 Å². The van der Waals surface area contributed by atoms with Crippen molar-refractivity contribution >= 4 is 12.2 Å². The molecule has 0 saturated heterocycles. The Kier molecular flexibility index (Phi) is 5.21. The molecule has 3 aromatic rings. The third-order valence-electron chi connectivity index (χ3n) is 4.02. The topological polar surface area (TPSA) is 125 Å². The monoisotopic (exact) mass is 382 g/mol. The maximum absolute atomic E-state index is 12.4. The van der Waals surface area contributed by atoms with Crippen LogP contribution < -0.4 is 31.3 Å². The number of aromatic amines is 2. The number of hydrogen-bond donors (Lipinski definition) is 4. The van der Waals surface area contributed by atoms with E-state index in [0.29, 0.717) is 11.1 Å². The summed E-state index contributed by atoms with van der Waals surface area (Å²) in [5.41, 5.74) is 0.138. The van der Waals surface area contributed by atoms with Gasteiger partial charge in [-0.05, 0) is 47.5 Å². The minimum atomic E-state index is -0.497. The number of H-pyrrole nitrogens is 2. The van der Waals surface area contributed by atoms with Gasteiger partial charge in [-0.2, -0.15) is 0 Å². The van der Waals surface area contributed by atoms with Crippen LogP contribution in [0, 0.1) is 0 Å². The van der Waals surface area contributed by atoms with E-state index in [1.165, 1.54) is 50.6 Å². The van der Waals surface area contributed by atoms with E-state index >= 15 is 0 Å². The van der Waals surface area contributed by atoms with Crippen molar-refractivity contribution in [1.29, 1.82) is 0 Å². The summed E-state index contributed by atoms with van der Waals surface area (Å²) in [5.74, 6) is 0.435. The van der Waals surface area contributed by atoms with Crippen molar-refractivity contribution in [3.63, 3.8) is 0 Å². The predicted molar refractivity (Wildman–Crippen MR) is 103 cm³/mol. The van der Waals surface area contributed by atoms with Crippen molar-refractivity contribution in [2.24, 2.45) is 0 Å². The maximum Gasteiger partial charge on any atom is 0.272 e. The number of aromatic hydroxyl groups is 2. The lowest BCUT2D eigenvalue weighted by Gasteiger charge is -2.03. The average molecular weight is 382 g/mol. The van der Waals surface area contributed by atoms with Crippen LogP contribution in [0.2, 0.25) is 0 Å². The molecule has 0 aliphatic heterocycles. The first-order valence-electron chi connectivity index (χ1n) is 8.21. The van der Waals surface area contributed by atoms with Gasteiger partial charge in [-0.25, -0.2) is 0 Å². The molecule has 2 aromatic carbocycles. The van der Waals surface area contributed by atoms with Gasteiger partial charge in [0.05, 0.1) is 14.2 Å². The summed E-state index contributed by atoms with van der Waals surface area (Å²) in [6, 6.07) is 9.09. The smallest absolute Gasteiger partial charge is 0.272 e. The third kappa shape index (κ3) is 3.90. The molecule has 0 spiro atoms. The van der Waals surface area contributed by atoms with Crippen molar-refractivity contribution in [3.05, 3.63) is 78.9 Å². The Morgan fingerprint density at radius 3 is 1.50 bits per heavy atom. The lowest BCUT2D eigenvalue weighted by Crippen LogP contribution is -2.46. The molecule has 0 saturated carbocycles. The first-order chi connectivity index (χ1) is 13.4. The van der Waals surface area contributed by atoms with E-state index in [4.69, 9.17) is 9.47 Å². The van der Waals surface area contributed by atoms with E-state index in [-0.39, 0.29) is 33.7 Å². The number of hydrogen-bond acceptors (Lipinski definition) is 6. The van der Waals surface area contributed by atoms with E-state index in [1.54, 1.807) is 12.1 Å². The number of phenolic OH excluding ortho intramolecular Hbond substituents is 2. The SMILES string of the molecule is COc1cc(C=c2[nH]c(=O)c(=Cc3ccc(O)c(OC)c3)[nH]c2=O)ccc1O. The van der Waals surface area contributed by atoms with Gasteiger partial charge in [-0.1, -0.05) is 12.1 Å². The molecule has 1 heterocycles. The number of ether oxygens (including phenoxy) is 2. The average Bonchev–Trinajstić information content (AvgIpc) is 2.68. The number of rotatable bonds is 4. The van der Waals surface area contributed by atoms with E-state index in [0.717, 1.165) is 0 Å². The second-order valence-electron chi connectivity index (χ2n) is 5.89. The summed E-state index contributed by atoms with van der Waals surface area (Å²) in [5, 5.41) is 19.4. The molecule has 28 heavy (non-hydrogen) atoms. The molecule has 8 nitrogen and oxygen atoms in total. The predicted octanol–water partition coefficient (Wildman–Crippen LogP) is 0.149. The zero-order chi connectivity index (χ0) is 20.3. The Bertz CT molecular complexity index is 1160. The van der Waals surface area contributed by atoms with Crippen LogP contribution in [-0.4, -0.2) is 34.4 Å². The van der Waals surface area contributed by atoms with Gasteiger partial charge in [0.2, 0.25) is 0 Å². The number of methoxy groups -OCH3 is 2. The maximum atomic E-state index is 12.4. The van der Waals surface area contributed by atoms with Crippen LogP contribution in [0.25, 0.3) is 12.2 Å². The summed E-state index contributed by atoms with van der Waals surface area (Å²) in [6.07, 6.45) is 2.94. The molecule has 0 aliphatic carbocycles. The number of nitrogens with one attached hydrogen (secondary N) is 2. The fourth-order valence-corrected chi connectivity index (χ4v) is 2.60. The van der Waals surface area contributed by atoms with Gasteiger partial charge >= 0.3 is 0 Å². The van der Waals surface area contributed by atoms with Crippen LogP contribution in [0.3, 0.4) is 0 Å². The Balaban J connectivity index is 2.09. The van der Waals surface area contributed by atoms with E-state index in [9.17, 15) is 19.8 Å². The van der Waals surface area contributed by atoms with Crippen LogP contribution >= 0.6 is 0 Å². The van der Waals surface area contributed by atoms with Gasteiger partial charge in [-0.15, -0.1) is 0 Å². The lowest BCUT2D eigenvalue weighted by atomic mass is 10.2. The normalized spacial score (nSPS) is 12.2. The first-order valence-corrected chi connectivity index (χ1v) is 8.21. The molecule has 0 atom stereocenters. The number of phenols is 2. The molecule has 4 N–H and O–H groups in total. The van der Waals surface area contributed by atoms with Gasteiger partial charge in [0.15, 0.2) is 23.0 Å². The fourth-order valence-electron chi connectivity index (χ4n) is 2.60. The molecular formula is C20H18N2O6. The minimum absolute atomic E-state index is 0.0312. The zero-order valence-corrected chi connectivity index (χ0v) is 15.1. The highest BCUT2D eigenvalue weighted by Gasteiger charge is 2.04. The Morgan fingerprint density at radius 2 is 1.14 bits per heavy atom. The molecular weight excluding hydrogens is 364 g/mol. The van der Waals surface area contributed by atoms with E-state index in [1.807, 2.05) is 0 Å². The fraction of sp³-hybridized carbons (Fsp3) is 0.100. The standard InChI is InChI=1S/C20H18N2O6/c1-27-17-9-11(3-5-15(17)23)7-13-19(25)22-14(20(26)21-13)8-12-4-6-16(24)18(10-12)28-2/h3-10,23-24H,1-2H3,(H,21,26)(H,22,25). The van der Waals surface area contributed by atoms with Crippen molar-refractivity contribution in [2.45, 2.75) is 0 Å². The second kappa shape index (κ2) is 7.75. The molecule has 1 aromatic heterocycles.